The van der Waals surface area contributed by atoms with E-state index in [0.29, 0.717) is 0 Å². The van der Waals surface area contributed by atoms with Gasteiger partial charge >= 0.3 is 0 Å². The van der Waals surface area contributed by atoms with Crippen LogP contribution >= 0.6 is 0 Å². The molecule has 1 aliphatic heterocycles. The minimum atomic E-state index is 0.780. The third-order valence-corrected chi connectivity index (χ3v) is 2.52. The zero-order valence-electron chi connectivity index (χ0n) is 8.97. The van der Waals surface area contributed by atoms with E-state index in [1.54, 1.807) is 0 Å². The van der Waals surface area contributed by atoms with E-state index in [-0.39, 0.29) is 0 Å². The predicted octanol–water partition coefficient (Wildman–Crippen LogP) is 2.65. The highest BCUT2D eigenvalue weighted by atomic mass is 16.5. The molecule has 1 fully saturated rings. The van der Waals surface area contributed by atoms with Crippen LogP contribution in [0.3, 0.4) is 0 Å². The highest BCUT2D eigenvalue weighted by Crippen LogP contribution is 2.28. The van der Waals surface area contributed by atoms with E-state index in [0.717, 1.165) is 36.3 Å². The van der Waals surface area contributed by atoms with Crippen LogP contribution in [0.2, 0.25) is 0 Å². The standard InChI is InChI=1S/C11H21NO/c1-8(2)6-10-4-5-13-11(7-10)9(3)12/h8,10H,4-7,12H2,1-3H3/b11-9+. The van der Waals surface area contributed by atoms with Gasteiger partial charge in [0.05, 0.1) is 6.61 Å². The number of ether oxygens (including phenoxy) is 1. The van der Waals surface area contributed by atoms with E-state index >= 15 is 0 Å². The smallest absolute Gasteiger partial charge is 0.115 e. The van der Waals surface area contributed by atoms with Gasteiger partial charge < -0.3 is 10.5 Å². The van der Waals surface area contributed by atoms with Crippen LogP contribution in [-0.2, 0) is 4.74 Å². The number of allylic oxidation sites excluding steroid dienone is 2. The van der Waals surface area contributed by atoms with Gasteiger partial charge in [-0.15, -0.1) is 0 Å². The van der Waals surface area contributed by atoms with Crippen LogP contribution in [0.5, 0.6) is 0 Å². The first-order valence-electron chi connectivity index (χ1n) is 5.17. The molecule has 1 unspecified atom stereocenters. The molecular weight excluding hydrogens is 162 g/mol. The van der Waals surface area contributed by atoms with Crippen molar-refractivity contribution >= 4 is 0 Å². The normalized spacial score (nSPS) is 27.2. The van der Waals surface area contributed by atoms with Crippen LogP contribution in [-0.4, -0.2) is 6.61 Å². The molecule has 76 valence electrons. The van der Waals surface area contributed by atoms with Gasteiger partial charge in [-0.2, -0.15) is 0 Å². The molecule has 0 saturated carbocycles. The third-order valence-electron chi connectivity index (χ3n) is 2.52. The molecule has 1 aliphatic rings. The third kappa shape index (κ3) is 3.29. The van der Waals surface area contributed by atoms with Gasteiger partial charge in [-0.05, 0) is 31.6 Å². The SMILES string of the molecule is C/C(N)=C1/CC(CC(C)C)CCO1. The maximum Gasteiger partial charge on any atom is 0.115 e. The molecule has 1 heterocycles. The van der Waals surface area contributed by atoms with Crippen LogP contribution in [0, 0.1) is 11.8 Å². The van der Waals surface area contributed by atoms with Crippen LogP contribution < -0.4 is 5.73 Å². The number of rotatable bonds is 2. The Balaban J connectivity index is 2.47. The fourth-order valence-electron chi connectivity index (χ4n) is 1.91. The summed E-state index contributed by atoms with van der Waals surface area (Å²) in [4.78, 5) is 0. The molecule has 13 heavy (non-hydrogen) atoms. The molecule has 0 aromatic carbocycles. The minimum absolute atomic E-state index is 0.780. The van der Waals surface area contributed by atoms with Crippen LogP contribution in [0.4, 0.5) is 0 Å². The van der Waals surface area contributed by atoms with Crippen molar-refractivity contribution in [3.63, 3.8) is 0 Å². The Labute approximate surface area is 81.1 Å². The molecular formula is C11H21NO. The summed E-state index contributed by atoms with van der Waals surface area (Å²) in [6.07, 6.45) is 3.52. The van der Waals surface area contributed by atoms with Gasteiger partial charge in [-0.25, -0.2) is 0 Å². The van der Waals surface area contributed by atoms with Gasteiger partial charge in [-0.3, -0.25) is 0 Å². The zero-order chi connectivity index (χ0) is 9.84. The maximum atomic E-state index is 5.71. The van der Waals surface area contributed by atoms with Gasteiger partial charge in [-0.1, -0.05) is 13.8 Å². The second kappa shape index (κ2) is 4.54. The lowest BCUT2D eigenvalue weighted by atomic mass is 9.89. The first kappa shape index (κ1) is 10.4. The van der Waals surface area contributed by atoms with Gasteiger partial charge in [0.25, 0.3) is 0 Å². The van der Waals surface area contributed by atoms with Gasteiger partial charge in [0, 0.05) is 12.1 Å². The van der Waals surface area contributed by atoms with Crippen molar-refractivity contribution in [3.8, 4) is 0 Å². The molecule has 0 amide bonds. The average molecular weight is 183 g/mol. The Bertz CT molecular complexity index is 192. The van der Waals surface area contributed by atoms with Gasteiger partial charge in [0.15, 0.2) is 0 Å². The zero-order valence-corrected chi connectivity index (χ0v) is 8.97. The molecule has 2 heteroatoms. The molecule has 0 aromatic heterocycles. The molecule has 1 atom stereocenters. The van der Waals surface area contributed by atoms with Crippen molar-refractivity contribution in [2.24, 2.45) is 17.6 Å². The van der Waals surface area contributed by atoms with Crippen LogP contribution in [0.15, 0.2) is 11.5 Å². The van der Waals surface area contributed by atoms with E-state index < -0.39 is 0 Å². The first-order valence-corrected chi connectivity index (χ1v) is 5.17. The Morgan fingerprint density at radius 1 is 1.62 bits per heavy atom. The van der Waals surface area contributed by atoms with E-state index in [2.05, 4.69) is 13.8 Å². The molecule has 2 N–H and O–H groups in total. The van der Waals surface area contributed by atoms with E-state index in [9.17, 15) is 0 Å². The number of hydrogen-bond acceptors (Lipinski definition) is 2. The van der Waals surface area contributed by atoms with Crippen LogP contribution in [0.25, 0.3) is 0 Å². The summed E-state index contributed by atoms with van der Waals surface area (Å²) >= 11 is 0. The second-order valence-electron chi connectivity index (χ2n) is 4.44. The van der Waals surface area contributed by atoms with Crippen molar-refractivity contribution in [2.75, 3.05) is 6.61 Å². The molecule has 0 spiro atoms. The Hall–Kier alpha value is -0.660. The average Bonchev–Trinajstić information content (AvgIpc) is 2.03. The van der Waals surface area contributed by atoms with Crippen molar-refractivity contribution < 1.29 is 4.74 Å². The Morgan fingerprint density at radius 2 is 2.31 bits per heavy atom. The Kier molecular flexibility index (Phi) is 3.64. The second-order valence-corrected chi connectivity index (χ2v) is 4.44. The largest absolute Gasteiger partial charge is 0.496 e. The lowest BCUT2D eigenvalue weighted by molar-refractivity contribution is 0.119. The first-order chi connectivity index (χ1) is 6.09. The molecule has 0 radical (unpaired) electrons. The molecule has 0 bridgehead atoms. The Morgan fingerprint density at radius 3 is 2.85 bits per heavy atom. The van der Waals surface area contributed by atoms with E-state index in [1.807, 2.05) is 6.92 Å². The molecule has 1 saturated heterocycles. The molecule has 0 aliphatic carbocycles. The highest BCUT2D eigenvalue weighted by molar-refractivity contribution is 5.04. The summed E-state index contributed by atoms with van der Waals surface area (Å²) < 4.78 is 5.51. The molecule has 2 nitrogen and oxygen atoms in total. The van der Waals surface area contributed by atoms with E-state index in [4.69, 9.17) is 10.5 Å². The number of nitrogens with two attached hydrogens (primary N) is 1. The summed E-state index contributed by atoms with van der Waals surface area (Å²) in [5.41, 5.74) is 6.57. The fraction of sp³-hybridized carbons (Fsp3) is 0.818. The topological polar surface area (TPSA) is 35.2 Å². The van der Waals surface area contributed by atoms with Crippen molar-refractivity contribution in [3.05, 3.63) is 11.5 Å². The number of hydrogen-bond donors (Lipinski definition) is 1. The predicted molar refractivity (Wildman–Crippen MR) is 55.0 cm³/mol. The van der Waals surface area contributed by atoms with Crippen LogP contribution in [0.1, 0.15) is 40.0 Å². The summed E-state index contributed by atoms with van der Waals surface area (Å²) in [6, 6.07) is 0. The molecule has 0 aromatic rings. The summed E-state index contributed by atoms with van der Waals surface area (Å²) in [5.74, 6) is 2.58. The van der Waals surface area contributed by atoms with E-state index in [1.165, 1.54) is 12.8 Å². The van der Waals surface area contributed by atoms with Gasteiger partial charge in [0.2, 0.25) is 0 Å². The summed E-state index contributed by atoms with van der Waals surface area (Å²) in [5, 5.41) is 0. The fourth-order valence-corrected chi connectivity index (χ4v) is 1.91. The van der Waals surface area contributed by atoms with Crippen molar-refractivity contribution in [1.29, 1.82) is 0 Å². The van der Waals surface area contributed by atoms with Gasteiger partial charge in [0.1, 0.15) is 5.76 Å². The highest BCUT2D eigenvalue weighted by Gasteiger charge is 2.19. The lowest BCUT2D eigenvalue weighted by Crippen LogP contribution is -2.18. The van der Waals surface area contributed by atoms with Crippen molar-refractivity contribution in [1.82, 2.24) is 0 Å². The summed E-state index contributed by atoms with van der Waals surface area (Å²) in [6.45, 7) is 7.32. The quantitative estimate of drug-likeness (QED) is 0.714. The monoisotopic (exact) mass is 183 g/mol. The maximum absolute atomic E-state index is 5.71. The lowest BCUT2D eigenvalue weighted by Gasteiger charge is -2.26. The van der Waals surface area contributed by atoms with Crippen molar-refractivity contribution in [2.45, 2.75) is 40.0 Å². The molecule has 1 rings (SSSR count). The minimum Gasteiger partial charge on any atom is -0.496 e. The summed E-state index contributed by atoms with van der Waals surface area (Å²) in [7, 11) is 0.